The Morgan fingerprint density at radius 3 is 2.47 bits per heavy atom. The lowest BCUT2D eigenvalue weighted by Crippen LogP contribution is -2.37. The molecule has 0 fully saturated rings. The Balaban J connectivity index is 1.61. The number of fused-ring (bicyclic) bond motifs is 1. The fraction of sp³-hybridized carbons (Fsp3) is 0.333. The molecule has 0 amide bonds. The Labute approximate surface area is 216 Å². The predicted molar refractivity (Wildman–Crippen MR) is 138 cm³/mol. The van der Waals surface area contributed by atoms with E-state index in [-0.39, 0.29) is 12.2 Å². The van der Waals surface area contributed by atoms with E-state index in [1.165, 1.54) is 0 Å². The van der Waals surface area contributed by atoms with E-state index in [1.54, 1.807) is 12.1 Å². The molecule has 180 valence electrons. The van der Waals surface area contributed by atoms with E-state index >= 15 is 0 Å². The molecular formula is C27H28Cl3NO3. The van der Waals surface area contributed by atoms with Crippen LogP contribution in [0.3, 0.4) is 0 Å². The van der Waals surface area contributed by atoms with Gasteiger partial charge in [-0.05, 0) is 72.2 Å². The molecule has 4 nitrogen and oxygen atoms in total. The van der Waals surface area contributed by atoms with Gasteiger partial charge in [0.1, 0.15) is 12.2 Å². The van der Waals surface area contributed by atoms with Crippen LogP contribution >= 0.6 is 34.8 Å². The lowest BCUT2D eigenvalue weighted by Gasteiger charge is -2.29. The van der Waals surface area contributed by atoms with Gasteiger partial charge in [0.25, 0.3) is 0 Å². The summed E-state index contributed by atoms with van der Waals surface area (Å²) >= 11 is 18.9. The molecule has 0 saturated heterocycles. The van der Waals surface area contributed by atoms with Crippen molar-refractivity contribution in [2.24, 2.45) is 0 Å². The SMILES string of the molecule is CCN(CC)CC1Cc2cc(C(OCc3cc(Cl)ccc3Cl)c3cccc(Cl)c3)ccc2OO1. The maximum Gasteiger partial charge on any atom is 0.168 e. The van der Waals surface area contributed by atoms with Crippen LogP contribution in [0.25, 0.3) is 0 Å². The number of halogens is 3. The Kier molecular flexibility index (Phi) is 8.75. The van der Waals surface area contributed by atoms with Gasteiger partial charge in [-0.3, -0.25) is 0 Å². The number of ether oxygens (including phenoxy) is 1. The highest BCUT2D eigenvalue weighted by Crippen LogP contribution is 2.35. The Bertz CT molecular complexity index is 1120. The van der Waals surface area contributed by atoms with Gasteiger partial charge < -0.3 is 14.5 Å². The molecule has 4 rings (SSSR count). The zero-order valence-electron chi connectivity index (χ0n) is 19.3. The van der Waals surface area contributed by atoms with Gasteiger partial charge in [-0.15, -0.1) is 0 Å². The summed E-state index contributed by atoms with van der Waals surface area (Å²) in [6.45, 7) is 7.37. The van der Waals surface area contributed by atoms with Crippen molar-refractivity contribution in [3.8, 4) is 5.75 Å². The Morgan fingerprint density at radius 1 is 0.941 bits per heavy atom. The largest absolute Gasteiger partial charge is 0.364 e. The van der Waals surface area contributed by atoms with Crippen LogP contribution in [0.15, 0.2) is 60.7 Å². The molecular weight excluding hydrogens is 493 g/mol. The molecule has 7 heteroatoms. The summed E-state index contributed by atoms with van der Waals surface area (Å²) in [5, 5.41) is 1.89. The van der Waals surface area contributed by atoms with Crippen molar-refractivity contribution in [1.82, 2.24) is 4.90 Å². The summed E-state index contributed by atoms with van der Waals surface area (Å²) in [6, 6.07) is 19.2. The molecule has 0 spiro atoms. The lowest BCUT2D eigenvalue weighted by molar-refractivity contribution is -0.257. The quantitative estimate of drug-likeness (QED) is 0.273. The van der Waals surface area contributed by atoms with Gasteiger partial charge in [0, 0.05) is 33.6 Å². The van der Waals surface area contributed by atoms with Crippen molar-refractivity contribution >= 4 is 34.8 Å². The van der Waals surface area contributed by atoms with E-state index < -0.39 is 0 Å². The van der Waals surface area contributed by atoms with Gasteiger partial charge in [0.05, 0.1) is 6.61 Å². The summed E-state index contributed by atoms with van der Waals surface area (Å²) in [5.41, 5.74) is 3.89. The van der Waals surface area contributed by atoms with E-state index in [0.29, 0.717) is 21.7 Å². The fourth-order valence-corrected chi connectivity index (χ4v) is 4.71. The first-order chi connectivity index (χ1) is 16.5. The van der Waals surface area contributed by atoms with Crippen molar-refractivity contribution in [1.29, 1.82) is 0 Å². The number of likely N-dealkylation sites (N-methyl/N-ethyl adjacent to an activating group) is 1. The minimum absolute atomic E-state index is 0.0292. The van der Waals surface area contributed by atoms with Crippen LogP contribution in [0.5, 0.6) is 5.75 Å². The minimum Gasteiger partial charge on any atom is -0.364 e. The summed E-state index contributed by atoms with van der Waals surface area (Å²) in [7, 11) is 0. The molecule has 0 aliphatic carbocycles. The first-order valence-electron chi connectivity index (χ1n) is 11.5. The van der Waals surface area contributed by atoms with Crippen molar-refractivity contribution in [3.63, 3.8) is 0 Å². The molecule has 0 aromatic heterocycles. The molecule has 2 atom stereocenters. The van der Waals surface area contributed by atoms with Gasteiger partial charge in [0.2, 0.25) is 0 Å². The summed E-state index contributed by atoms with van der Waals surface area (Å²) in [5.74, 6) is 0.738. The smallest absolute Gasteiger partial charge is 0.168 e. The molecule has 0 N–H and O–H groups in total. The van der Waals surface area contributed by atoms with E-state index in [1.807, 2.05) is 42.5 Å². The number of benzene rings is 3. The molecule has 0 radical (unpaired) electrons. The molecule has 1 heterocycles. The highest BCUT2D eigenvalue weighted by molar-refractivity contribution is 6.33. The third-order valence-corrected chi connectivity index (χ3v) is 6.87. The molecule has 1 aliphatic heterocycles. The molecule has 1 aliphatic rings. The second-order valence-corrected chi connectivity index (χ2v) is 9.62. The van der Waals surface area contributed by atoms with Crippen LogP contribution in [0.4, 0.5) is 0 Å². The minimum atomic E-state index is -0.344. The van der Waals surface area contributed by atoms with Gasteiger partial charge in [-0.1, -0.05) is 66.8 Å². The van der Waals surface area contributed by atoms with E-state index in [4.69, 9.17) is 49.3 Å². The van der Waals surface area contributed by atoms with E-state index in [9.17, 15) is 0 Å². The normalized spacial score (nSPS) is 16.2. The van der Waals surface area contributed by atoms with Crippen molar-refractivity contribution < 1.29 is 14.5 Å². The zero-order valence-corrected chi connectivity index (χ0v) is 21.5. The second kappa shape index (κ2) is 11.8. The van der Waals surface area contributed by atoms with E-state index in [0.717, 1.165) is 54.1 Å². The van der Waals surface area contributed by atoms with Crippen LogP contribution < -0.4 is 4.89 Å². The topological polar surface area (TPSA) is 30.9 Å². The Morgan fingerprint density at radius 2 is 1.71 bits per heavy atom. The molecule has 3 aromatic carbocycles. The van der Waals surface area contributed by atoms with Gasteiger partial charge in [-0.25, -0.2) is 0 Å². The average Bonchev–Trinajstić information content (AvgIpc) is 2.84. The van der Waals surface area contributed by atoms with Gasteiger partial charge in [-0.2, -0.15) is 4.89 Å². The number of rotatable bonds is 9. The Hall–Kier alpha value is -1.79. The highest BCUT2D eigenvalue weighted by Gasteiger charge is 2.25. The first kappa shape index (κ1) is 25.3. The second-order valence-electron chi connectivity index (χ2n) is 8.34. The number of nitrogens with zero attached hydrogens (tertiary/aromatic N) is 1. The highest BCUT2D eigenvalue weighted by atomic mass is 35.5. The van der Waals surface area contributed by atoms with Crippen LogP contribution in [-0.4, -0.2) is 30.6 Å². The molecule has 0 bridgehead atoms. The first-order valence-corrected chi connectivity index (χ1v) is 12.6. The molecule has 3 aromatic rings. The summed E-state index contributed by atoms with van der Waals surface area (Å²) in [6.07, 6.45) is 0.392. The average molecular weight is 521 g/mol. The standard InChI is InChI=1S/C27H28Cl3NO3/c1-3-31(4-2)16-24-15-20-12-19(8-11-26(20)34-33-24)27(18-6-5-7-22(28)13-18)32-17-21-14-23(29)9-10-25(21)30/h5-14,24,27H,3-4,15-17H2,1-2H3. The predicted octanol–water partition coefficient (Wildman–Crippen LogP) is 7.53. The summed E-state index contributed by atoms with van der Waals surface area (Å²) in [4.78, 5) is 13.6. The van der Waals surface area contributed by atoms with Crippen LogP contribution in [-0.2, 0) is 22.7 Å². The van der Waals surface area contributed by atoms with Crippen molar-refractivity contribution in [3.05, 3.63) is 98.0 Å². The molecule has 34 heavy (non-hydrogen) atoms. The van der Waals surface area contributed by atoms with E-state index in [2.05, 4.69) is 24.8 Å². The molecule has 2 unspecified atom stereocenters. The molecule has 0 saturated carbocycles. The third kappa shape index (κ3) is 6.25. The maximum atomic E-state index is 6.43. The van der Waals surface area contributed by atoms with Crippen LogP contribution in [0.1, 0.15) is 42.2 Å². The lowest BCUT2D eigenvalue weighted by atomic mass is 9.96. The number of hydrogen-bond acceptors (Lipinski definition) is 4. The van der Waals surface area contributed by atoms with Crippen LogP contribution in [0, 0.1) is 0 Å². The van der Waals surface area contributed by atoms with Crippen molar-refractivity contribution in [2.45, 2.75) is 39.1 Å². The van der Waals surface area contributed by atoms with Crippen LogP contribution in [0.2, 0.25) is 15.1 Å². The maximum absolute atomic E-state index is 6.43. The zero-order chi connectivity index (χ0) is 24.1. The van der Waals surface area contributed by atoms with Crippen molar-refractivity contribution in [2.75, 3.05) is 19.6 Å². The fourth-order valence-electron chi connectivity index (χ4n) is 4.15. The number of hydrogen-bond donors (Lipinski definition) is 0. The summed E-state index contributed by atoms with van der Waals surface area (Å²) < 4.78 is 6.43. The monoisotopic (exact) mass is 519 g/mol. The third-order valence-electron chi connectivity index (χ3n) is 6.03. The van der Waals surface area contributed by atoms with Gasteiger partial charge >= 0.3 is 0 Å². The van der Waals surface area contributed by atoms with Gasteiger partial charge in [0.15, 0.2) is 5.75 Å².